The Bertz CT molecular complexity index is 778. The van der Waals surface area contributed by atoms with Crippen LogP contribution in [0.2, 0.25) is 0 Å². The van der Waals surface area contributed by atoms with Crippen molar-refractivity contribution < 1.29 is 9.21 Å². The average molecular weight is 297 g/mol. The first-order chi connectivity index (χ1) is 10.2. The lowest BCUT2D eigenvalue weighted by atomic mass is 10.0. The highest BCUT2D eigenvalue weighted by Crippen LogP contribution is 2.31. The Morgan fingerprint density at radius 2 is 2.05 bits per heavy atom. The molecular formula is C17H15NO2S. The number of rotatable bonds is 4. The molecule has 0 fully saturated rings. The van der Waals surface area contributed by atoms with Crippen LogP contribution in [-0.4, -0.2) is 11.3 Å². The number of carbonyl (C=O) groups is 1. The third kappa shape index (κ3) is 2.81. The van der Waals surface area contributed by atoms with Gasteiger partial charge < -0.3 is 4.42 Å². The van der Waals surface area contributed by atoms with Crippen molar-refractivity contribution in [3.63, 3.8) is 0 Å². The van der Waals surface area contributed by atoms with Gasteiger partial charge in [0.1, 0.15) is 12.0 Å². The van der Waals surface area contributed by atoms with Gasteiger partial charge in [-0.2, -0.15) is 0 Å². The fraction of sp³-hybridized carbons (Fsp3) is 0.176. The molecule has 0 aliphatic rings. The van der Waals surface area contributed by atoms with Crippen molar-refractivity contribution in [1.29, 1.82) is 0 Å². The summed E-state index contributed by atoms with van der Waals surface area (Å²) < 4.78 is 6.93. The topological polar surface area (TPSA) is 43.1 Å². The van der Waals surface area contributed by atoms with E-state index in [9.17, 15) is 4.79 Å². The van der Waals surface area contributed by atoms with E-state index in [-0.39, 0.29) is 5.92 Å². The number of benzene rings is 1. The van der Waals surface area contributed by atoms with Gasteiger partial charge in [-0.05, 0) is 41.8 Å². The third-order valence-electron chi connectivity index (χ3n) is 3.24. The molecule has 0 radical (unpaired) electrons. The molecule has 0 spiro atoms. The predicted octanol–water partition coefficient (Wildman–Crippen LogP) is 4.79. The first-order valence-electron chi connectivity index (χ1n) is 6.80. The second kappa shape index (κ2) is 5.66. The SMILES string of the molecule is CC(C)C(C=O)=Cc1ccc(-c2nc3ccccc3s2)o1. The number of aldehydes is 1. The molecule has 3 rings (SSSR count). The first kappa shape index (κ1) is 13.8. The smallest absolute Gasteiger partial charge is 0.163 e. The molecule has 4 heteroatoms. The van der Waals surface area contributed by atoms with Crippen molar-refractivity contribution in [3.8, 4) is 10.8 Å². The molecule has 0 amide bonds. The van der Waals surface area contributed by atoms with E-state index in [1.54, 1.807) is 17.4 Å². The maximum atomic E-state index is 11.0. The molecule has 3 aromatic rings. The number of aromatic nitrogens is 1. The van der Waals surface area contributed by atoms with Gasteiger partial charge in [0.2, 0.25) is 0 Å². The van der Waals surface area contributed by atoms with Gasteiger partial charge in [0, 0.05) is 0 Å². The summed E-state index contributed by atoms with van der Waals surface area (Å²) in [5, 5.41) is 0.855. The quantitative estimate of drug-likeness (QED) is 0.513. The molecule has 21 heavy (non-hydrogen) atoms. The normalized spacial score (nSPS) is 12.2. The van der Waals surface area contributed by atoms with E-state index in [0.29, 0.717) is 5.76 Å². The summed E-state index contributed by atoms with van der Waals surface area (Å²) in [6.07, 6.45) is 2.67. The molecule has 2 aromatic heterocycles. The lowest BCUT2D eigenvalue weighted by Gasteiger charge is -2.01. The minimum absolute atomic E-state index is 0.179. The fourth-order valence-electron chi connectivity index (χ4n) is 2.02. The summed E-state index contributed by atoms with van der Waals surface area (Å²) >= 11 is 1.60. The zero-order valence-corrected chi connectivity index (χ0v) is 12.7. The van der Waals surface area contributed by atoms with E-state index >= 15 is 0 Å². The Hall–Kier alpha value is -2.20. The number of hydrogen-bond donors (Lipinski definition) is 0. The van der Waals surface area contributed by atoms with E-state index in [2.05, 4.69) is 4.98 Å². The summed E-state index contributed by atoms with van der Waals surface area (Å²) in [5.74, 6) is 1.59. The molecule has 0 saturated carbocycles. The number of fused-ring (bicyclic) bond motifs is 1. The Balaban J connectivity index is 1.96. The second-order valence-electron chi connectivity index (χ2n) is 5.11. The molecule has 3 nitrogen and oxygen atoms in total. The third-order valence-corrected chi connectivity index (χ3v) is 4.29. The standard InChI is InChI=1S/C17H15NO2S/c1-11(2)12(10-19)9-13-7-8-15(20-13)17-18-14-5-3-4-6-16(14)21-17/h3-11H,1-2H3. The number of thiazole rings is 1. The Kier molecular flexibility index (Phi) is 3.71. The largest absolute Gasteiger partial charge is 0.454 e. The first-order valence-corrected chi connectivity index (χ1v) is 7.61. The van der Waals surface area contributed by atoms with E-state index in [1.165, 1.54) is 0 Å². The van der Waals surface area contributed by atoms with Crippen LogP contribution >= 0.6 is 11.3 Å². The second-order valence-corrected chi connectivity index (χ2v) is 6.14. The van der Waals surface area contributed by atoms with Crippen molar-refractivity contribution in [2.24, 2.45) is 5.92 Å². The zero-order chi connectivity index (χ0) is 14.8. The summed E-state index contributed by atoms with van der Waals surface area (Å²) in [6.45, 7) is 3.97. The Morgan fingerprint density at radius 3 is 2.76 bits per heavy atom. The molecule has 0 unspecified atom stereocenters. The van der Waals surface area contributed by atoms with Gasteiger partial charge in [-0.15, -0.1) is 11.3 Å². The lowest BCUT2D eigenvalue weighted by molar-refractivity contribution is -0.105. The van der Waals surface area contributed by atoms with Crippen LogP contribution in [0.3, 0.4) is 0 Å². The Labute approximate surface area is 126 Å². The molecular weight excluding hydrogens is 282 g/mol. The Morgan fingerprint density at radius 1 is 1.24 bits per heavy atom. The van der Waals surface area contributed by atoms with E-state index < -0.39 is 0 Å². The van der Waals surface area contributed by atoms with Gasteiger partial charge in [-0.1, -0.05) is 26.0 Å². The predicted molar refractivity (Wildman–Crippen MR) is 86.2 cm³/mol. The van der Waals surface area contributed by atoms with Crippen molar-refractivity contribution in [3.05, 3.63) is 47.7 Å². The molecule has 2 heterocycles. The van der Waals surface area contributed by atoms with Crippen molar-refractivity contribution in [2.45, 2.75) is 13.8 Å². The summed E-state index contributed by atoms with van der Waals surface area (Å²) in [5.41, 5.74) is 1.70. The number of carbonyl (C=O) groups excluding carboxylic acids is 1. The van der Waals surface area contributed by atoms with Crippen LogP contribution in [0.4, 0.5) is 0 Å². The maximum absolute atomic E-state index is 11.0. The summed E-state index contributed by atoms with van der Waals surface area (Å²) in [4.78, 5) is 15.6. The van der Waals surface area contributed by atoms with Gasteiger partial charge in [-0.3, -0.25) is 4.79 Å². The molecule has 0 bridgehead atoms. The van der Waals surface area contributed by atoms with Crippen molar-refractivity contribution in [1.82, 2.24) is 4.98 Å². The van der Waals surface area contributed by atoms with Gasteiger partial charge in [0.25, 0.3) is 0 Å². The van der Waals surface area contributed by atoms with Gasteiger partial charge in [0.15, 0.2) is 10.8 Å². The van der Waals surface area contributed by atoms with Gasteiger partial charge in [-0.25, -0.2) is 4.98 Å². The molecule has 0 N–H and O–H groups in total. The monoisotopic (exact) mass is 297 g/mol. The maximum Gasteiger partial charge on any atom is 0.163 e. The van der Waals surface area contributed by atoms with Crippen LogP contribution in [0.5, 0.6) is 0 Å². The van der Waals surface area contributed by atoms with Gasteiger partial charge >= 0.3 is 0 Å². The van der Waals surface area contributed by atoms with Gasteiger partial charge in [0.05, 0.1) is 10.2 Å². The summed E-state index contributed by atoms with van der Waals surface area (Å²) in [7, 11) is 0. The van der Waals surface area contributed by atoms with Crippen LogP contribution in [0.1, 0.15) is 19.6 Å². The van der Waals surface area contributed by atoms with Crippen LogP contribution in [-0.2, 0) is 4.79 Å². The molecule has 0 aliphatic carbocycles. The number of nitrogens with zero attached hydrogens (tertiary/aromatic N) is 1. The number of allylic oxidation sites excluding steroid dienone is 1. The highest BCUT2D eigenvalue weighted by Gasteiger charge is 2.10. The molecule has 0 saturated heterocycles. The van der Waals surface area contributed by atoms with E-state index in [4.69, 9.17) is 4.42 Å². The van der Waals surface area contributed by atoms with Crippen LogP contribution in [0.25, 0.3) is 27.1 Å². The number of hydrogen-bond acceptors (Lipinski definition) is 4. The van der Waals surface area contributed by atoms with Crippen molar-refractivity contribution >= 4 is 33.9 Å². The number of furan rings is 1. The highest BCUT2D eigenvalue weighted by atomic mass is 32.1. The van der Waals surface area contributed by atoms with Crippen LogP contribution < -0.4 is 0 Å². The number of para-hydroxylation sites is 1. The molecule has 1 aromatic carbocycles. The van der Waals surface area contributed by atoms with Crippen molar-refractivity contribution in [2.75, 3.05) is 0 Å². The zero-order valence-electron chi connectivity index (χ0n) is 11.9. The van der Waals surface area contributed by atoms with E-state index in [1.807, 2.05) is 50.2 Å². The highest BCUT2D eigenvalue weighted by molar-refractivity contribution is 7.21. The van der Waals surface area contributed by atoms with E-state index in [0.717, 1.165) is 32.8 Å². The lowest BCUT2D eigenvalue weighted by Crippen LogP contribution is -1.94. The molecule has 106 valence electrons. The van der Waals surface area contributed by atoms with Crippen LogP contribution in [0.15, 0.2) is 46.4 Å². The fourth-order valence-corrected chi connectivity index (χ4v) is 2.95. The van der Waals surface area contributed by atoms with Crippen LogP contribution in [0, 0.1) is 5.92 Å². The molecule has 0 aliphatic heterocycles. The summed E-state index contributed by atoms with van der Waals surface area (Å²) in [6, 6.07) is 11.8. The average Bonchev–Trinajstić information content (AvgIpc) is 3.10. The molecule has 0 atom stereocenters. The minimum atomic E-state index is 0.179. The minimum Gasteiger partial charge on any atom is -0.454 e.